The second-order valence-corrected chi connectivity index (χ2v) is 4.68. The zero-order chi connectivity index (χ0) is 15.1. The lowest BCUT2D eigenvalue weighted by Crippen LogP contribution is -2.24. The van der Waals surface area contributed by atoms with Crippen molar-refractivity contribution >= 4 is 5.91 Å². The van der Waals surface area contributed by atoms with Crippen LogP contribution in [0.1, 0.15) is 22.3 Å². The second kappa shape index (κ2) is 7.43. The average molecular weight is 287 g/mol. The molecule has 110 valence electrons. The first-order valence-electron chi connectivity index (χ1n) is 6.86. The van der Waals surface area contributed by atoms with Crippen LogP contribution in [0, 0.1) is 5.82 Å². The van der Waals surface area contributed by atoms with Gasteiger partial charge in [0.1, 0.15) is 11.6 Å². The fourth-order valence-electron chi connectivity index (χ4n) is 2.12. The van der Waals surface area contributed by atoms with Gasteiger partial charge >= 0.3 is 0 Å². The lowest BCUT2D eigenvalue weighted by molar-refractivity contribution is 0.0953. The number of hydrogen-bond acceptors (Lipinski definition) is 2. The normalized spacial score (nSPS) is 10.2. The van der Waals surface area contributed by atoms with E-state index in [2.05, 4.69) is 5.32 Å². The van der Waals surface area contributed by atoms with Gasteiger partial charge in [-0.2, -0.15) is 0 Å². The van der Waals surface area contributed by atoms with Crippen molar-refractivity contribution < 1.29 is 13.9 Å². The molecule has 0 aliphatic carbocycles. The highest BCUT2D eigenvalue weighted by atomic mass is 19.1. The molecule has 4 heteroatoms. The standard InChI is InChI=1S/C17H18FNO2/c1-21-16-10-3-2-6-13(16)8-5-11-19-17(20)14-7-4-9-15(18)12-14/h2-4,6-7,9-10,12H,5,8,11H2,1H3,(H,19,20). The molecule has 1 N–H and O–H groups in total. The first kappa shape index (κ1) is 15.0. The summed E-state index contributed by atoms with van der Waals surface area (Å²) in [5.41, 5.74) is 1.45. The second-order valence-electron chi connectivity index (χ2n) is 4.68. The Morgan fingerprint density at radius 3 is 2.76 bits per heavy atom. The number of aryl methyl sites for hydroxylation is 1. The van der Waals surface area contributed by atoms with E-state index in [1.807, 2.05) is 24.3 Å². The number of amides is 1. The molecule has 0 saturated carbocycles. The van der Waals surface area contributed by atoms with Crippen LogP contribution in [0.3, 0.4) is 0 Å². The molecule has 2 rings (SSSR count). The summed E-state index contributed by atoms with van der Waals surface area (Å²) in [4.78, 5) is 11.8. The van der Waals surface area contributed by atoms with Gasteiger partial charge in [-0.1, -0.05) is 24.3 Å². The van der Waals surface area contributed by atoms with Crippen molar-refractivity contribution in [3.05, 3.63) is 65.5 Å². The Morgan fingerprint density at radius 2 is 2.00 bits per heavy atom. The molecule has 0 fully saturated rings. The molecular formula is C17H18FNO2. The van der Waals surface area contributed by atoms with Gasteiger partial charge in [-0.3, -0.25) is 4.79 Å². The Balaban J connectivity index is 1.81. The maximum absolute atomic E-state index is 13.0. The number of halogens is 1. The molecule has 0 aromatic heterocycles. The molecule has 3 nitrogen and oxygen atoms in total. The van der Waals surface area contributed by atoms with Crippen LogP contribution in [0.25, 0.3) is 0 Å². The Labute approximate surface area is 123 Å². The maximum atomic E-state index is 13.0. The number of carbonyl (C=O) groups excluding carboxylic acids is 1. The minimum Gasteiger partial charge on any atom is -0.496 e. The van der Waals surface area contributed by atoms with Gasteiger partial charge in [0.05, 0.1) is 7.11 Å². The van der Waals surface area contributed by atoms with Crippen molar-refractivity contribution in [3.63, 3.8) is 0 Å². The van der Waals surface area contributed by atoms with E-state index in [9.17, 15) is 9.18 Å². The van der Waals surface area contributed by atoms with Crippen LogP contribution in [0.5, 0.6) is 5.75 Å². The van der Waals surface area contributed by atoms with Crippen LogP contribution < -0.4 is 10.1 Å². The molecule has 1 amide bonds. The van der Waals surface area contributed by atoms with Crippen molar-refractivity contribution in [1.29, 1.82) is 0 Å². The lowest BCUT2D eigenvalue weighted by Gasteiger charge is -2.08. The summed E-state index contributed by atoms with van der Waals surface area (Å²) in [6, 6.07) is 13.5. The van der Waals surface area contributed by atoms with Crippen LogP contribution in [-0.2, 0) is 6.42 Å². The number of carbonyl (C=O) groups is 1. The number of nitrogens with one attached hydrogen (secondary N) is 1. The number of methoxy groups -OCH3 is 1. The fourth-order valence-corrected chi connectivity index (χ4v) is 2.12. The number of rotatable bonds is 6. The first-order chi connectivity index (χ1) is 10.2. The first-order valence-corrected chi connectivity index (χ1v) is 6.86. The third-order valence-electron chi connectivity index (χ3n) is 3.19. The van der Waals surface area contributed by atoms with Gasteiger partial charge in [-0.05, 0) is 42.7 Å². The van der Waals surface area contributed by atoms with Gasteiger partial charge in [0.2, 0.25) is 0 Å². The van der Waals surface area contributed by atoms with E-state index in [0.29, 0.717) is 12.1 Å². The van der Waals surface area contributed by atoms with E-state index in [1.165, 1.54) is 18.2 Å². The van der Waals surface area contributed by atoms with Crippen LogP contribution in [0.15, 0.2) is 48.5 Å². The summed E-state index contributed by atoms with van der Waals surface area (Å²) < 4.78 is 18.3. The van der Waals surface area contributed by atoms with Crippen molar-refractivity contribution in [2.45, 2.75) is 12.8 Å². The van der Waals surface area contributed by atoms with Gasteiger partial charge in [-0.25, -0.2) is 4.39 Å². The molecule has 0 radical (unpaired) electrons. The molecule has 2 aromatic carbocycles. The van der Waals surface area contributed by atoms with E-state index < -0.39 is 5.82 Å². The minimum absolute atomic E-state index is 0.255. The molecule has 0 aliphatic rings. The number of benzene rings is 2. The molecule has 0 atom stereocenters. The average Bonchev–Trinajstić information content (AvgIpc) is 2.51. The Morgan fingerprint density at radius 1 is 1.19 bits per heavy atom. The predicted molar refractivity (Wildman–Crippen MR) is 80.0 cm³/mol. The highest BCUT2D eigenvalue weighted by Crippen LogP contribution is 2.18. The molecule has 2 aromatic rings. The highest BCUT2D eigenvalue weighted by molar-refractivity contribution is 5.94. The van der Waals surface area contributed by atoms with E-state index in [-0.39, 0.29) is 5.91 Å². The van der Waals surface area contributed by atoms with Gasteiger partial charge in [0.15, 0.2) is 0 Å². The van der Waals surface area contributed by atoms with E-state index in [4.69, 9.17) is 4.74 Å². The van der Waals surface area contributed by atoms with E-state index >= 15 is 0 Å². The summed E-state index contributed by atoms with van der Waals surface area (Å²) >= 11 is 0. The van der Waals surface area contributed by atoms with E-state index in [0.717, 1.165) is 24.2 Å². The number of hydrogen-bond donors (Lipinski definition) is 1. The summed E-state index contributed by atoms with van der Waals surface area (Å²) in [7, 11) is 1.64. The molecule has 0 bridgehead atoms. The van der Waals surface area contributed by atoms with Crippen LogP contribution in [-0.4, -0.2) is 19.6 Å². The quantitative estimate of drug-likeness (QED) is 0.829. The minimum atomic E-state index is -0.406. The van der Waals surface area contributed by atoms with Crippen molar-refractivity contribution in [3.8, 4) is 5.75 Å². The molecular weight excluding hydrogens is 269 g/mol. The molecule has 0 heterocycles. The summed E-state index contributed by atoms with van der Waals surface area (Å²) in [6.45, 7) is 0.535. The topological polar surface area (TPSA) is 38.3 Å². The Hall–Kier alpha value is -2.36. The zero-order valence-corrected chi connectivity index (χ0v) is 11.9. The summed E-state index contributed by atoms with van der Waals surface area (Å²) in [5, 5.41) is 2.79. The number of para-hydroxylation sites is 1. The fraction of sp³-hybridized carbons (Fsp3) is 0.235. The third-order valence-corrected chi connectivity index (χ3v) is 3.19. The van der Waals surface area contributed by atoms with Crippen molar-refractivity contribution in [1.82, 2.24) is 5.32 Å². The Kier molecular flexibility index (Phi) is 5.32. The summed E-state index contributed by atoms with van der Waals surface area (Å²) in [5.74, 6) is 0.195. The molecule has 0 unspecified atom stereocenters. The van der Waals surface area contributed by atoms with Crippen LogP contribution in [0.4, 0.5) is 4.39 Å². The largest absolute Gasteiger partial charge is 0.496 e. The smallest absolute Gasteiger partial charge is 0.251 e. The summed E-state index contributed by atoms with van der Waals surface area (Å²) in [6.07, 6.45) is 1.61. The van der Waals surface area contributed by atoms with Gasteiger partial charge < -0.3 is 10.1 Å². The van der Waals surface area contributed by atoms with Gasteiger partial charge in [0, 0.05) is 12.1 Å². The lowest BCUT2D eigenvalue weighted by atomic mass is 10.1. The third kappa shape index (κ3) is 4.31. The maximum Gasteiger partial charge on any atom is 0.251 e. The van der Waals surface area contributed by atoms with E-state index in [1.54, 1.807) is 13.2 Å². The van der Waals surface area contributed by atoms with Gasteiger partial charge in [0.25, 0.3) is 5.91 Å². The monoisotopic (exact) mass is 287 g/mol. The van der Waals surface area contributed by atoms with Crippen LogP contribution >= 0.6 is 0 Å². The predicted octanol–water partition coefficient (Wildman–Crippen LogP) is 3.20. The Bertz CT molecular complexity index is 613. The SMILES string of the molecule is COc1ccccc1CCCNC(=O)c1cccc(F)c1. The highest BCUT2D eigenvalue weighted by Gasteiger charge is 2.06. The molecule has 21 heavy (non-hydrogen) atoms. The van der Waals surface area contributed by atoms with Crippen LogP contribution in [0.2, 0.25) is 0 Å². The molecule has 0 spiro atoms. The van der Waals surface area contributed by atoms with Crippen molar-refractivity contribution in [2.24, 2.45) is 0 Å². The molecule has 0 aliphatic heterocycles. The van der Waals surface area contributed by atoms with Crippen molar-refractivity contribution in [2.75, 3.05) is 13.7 Å². The zero-order valence-electron chi connectivity index (χ0n) is 11.9. The van der Waals surface area contributed by atoms with Gasteiger partial charge in [-0.15, -0.1) is 0 Å². The number of ether oxygens (including phenoxy) is 1. The molecule has 0 saturated heterocycles.